The molecule has 0 saturated heterocycles. The average molecular weight is 533 g/mol. The van der Waals surface area contributed by atoms with E-state index < -0.39 is 0 Å². The van der Waals surface area contributed by atoms with Crippen molar-refractivity contribution in [3.63, 3.8) is 0 Å². The Balaban J connectivity index is 2.03. The lowest BCUT2D eigenvalue weighted by Gasteiger charge is -2.33. The predicted octanol–water partition coefficient (Wildman–Crippen LogP) is 12.4. The number of rotatable bonds is 30. The monoisotopic (exact) mass is 533 g/mol. The highest BCUT2D eigenvalue weighted by Crippen LogP contribution is 2.23. The molecule has 0 bridgehead atoms. The highest BCUT2D eigenvalue weighted by Gasteiger charge is 2.24. The van der Waals surface area contributed by atoms with Crippen LogP contribution in [0.1, 0.15) is 201 Å². The van der Waals surface area contributed by atoms with E-state index in [0.29, 0.717) is 6.17 Å². The zero-order valence-corrected chi connectivity index (χ0v) is 26.8. The van der Waals surface area contributed by atoms with Gasteiger partial charge in [-0.2, -0.15) is 0 Å². The molecular weight excluding hydrogens is 460 g/mol. The second-order valence-corrected chi connectivity index (χ2v) is 12.5. The van der Waals surface area contributed by atoms with Crippen molar-refractivity contribution in [1.82, 2.24) is 9.80 Å². The number of unbranched alkanes of at least 4 members (excludes halogenated alkanes) is 24. The van der Waals surface area contributed by atoms with Crippen LogP contribution in [0.4, 0.5) is 0 Å². The standard InChI is InChI=1S/C36H72N2/c1-4-7-10-12-14-16-17-18-19-20-21-22-24-26-28-30-33-38-35-34-37(32-9-6-3)36(38)31-29-27-25-23-15-13-11-8-5-2/h34-36H,4-33H2,1-3H3. The number of nitrogens with zero attached hydrogens (tertiary/aromatic N) is 2. The van der Waals surface area contributed by atoms with Gasteiger partial charge in [-0.15, -0.1) is 0 Å². The minimum Gasteiger partial charge on any atom is -0.356 e. The number of hydrogen-bond acceptors (Lipinski definition) is 2. The molecule has 0 amide bonds. The average Bonchev–Trinajstić information content (AvgIpc) is 3.31. The Hall–Kier alpha value is -0.660. The molecule has 2 nitrogen and oxygen atoms in total. The summed E-state index contributed by atoms with van der Waals surface area (Å²) in [5.74, 6) is 0. The third-order valence-electron chi connectivity index (χ3n) is 8.82. The maximum atomic E-state index is 2.68. The summed E-state index contributed by atoms with van der Waals surface area (Å²) in [6, 6.07) is 0. The Morgan fingerprint density at radius 3 is 1.00 bits per heavy atom. The van der Waals surface area contributed by atoms with Crippen LogP contribution in [0.15, 0.2) is 12.4 Å². The minimum atomic E-state index is 0.641. The van der Waals surface area contributed by atoms with E-state index in [2.05, 4.69) is 43.0 Å². The Morgan fingerprint density at radius 1 is 0.342 bits per heavy atom. The maximum absolute atomic E-state index is 2.68. The minimum absolute atomic E-state index is 0.641. The molecule has 38 heavy (non-hydrogen) atoms. The van der Waals surface area contributed by atoms with Crippen molar-refractivity contribution in [1.29, 1.82) is 0 Å². The quantitative estimate of drug-likeness (QED) is 0.0848. The van der Waals surface area contributed by atoms with Crippen LogP contribution in [0.3, 0.4) is 0 Å². The van der Waals surface area contributed by atoms with Crippen LogP contribution in [0.25, 0.3) is 0 Å². The molecular formula is C36H72N2. The highest BCUT2D eigenvalue weighted by atomic mass is 15.4. The maximum Gasteiger partial charge on any atom is 0.101 e. The van der Waals surface area contributed by atoms with Crippen molar-refractivity contribution < 1.29 is 0 Å². The van der Waals surface area contributed by atoms with Gasteiger partial charge in [0.1, 0.15) is 6.17 Å². The van der Waals surface area contributed by atoms with Crippen LogP contribution in [-0.2, 0) is 0 Å². The molecule has 1 unspecified atom stereocenters. The third-order valence-corrected chi connectivity index (χ3v) is 8.82. The lowest BCUT2D eigenvalue weighted by molar-refractivity contribution is 0.136. The third kappa shape index (κ3) is 20.3. The molecule has 0 aliphatic carbocycles. The topological polar surface area (TPSA) is 6.48 Å². The molecule has 1 aliphatic heterocycles. The highest BCUT2D eigenvalue weighted by molar-refractivity contribution is 4.96. The summed E-state index contributed by atoms with van der Waals surface area (Å²) in [7, 11) is 0. The van der Waals surface area contributed by atoms with Gasteiger partial charge in [0.25, 0.3) is 0 Å². The largest absolute Gasteiger partial charge is 0.356 e. The molecule has 0 N–H and O–H groups in total. The van der Waals surface area contributed by atoms with Gasteiger partial charge in [0.2, 0.25) is 0 Å². The van der Waals surface area contributed by atoms with E-state index >= 15 is 0 Å². The van der Waals surface area contributed by atoms with Crippen LogP contribution >= 0.6 is 0 Å². The summed E-state index contributed by atoms with van der Waals surface area (Å²) in [6.45, 7) is 9.45. The predicted molar refractivity (Wildman–Crippen MR) is 173 cm³/mol. The molecule has 226 valence electrons. The first-order chi connectivity index (χ1) is 18.8. The molecule has 0 aromatic rings. The number of hydrogen-bond donors (Lipinski definition) is 0. The zero-order valence-electron chi connectivity index (χ0n) is 26.8. The van der Waals surface area contributed by atoms with E-state index in [0.717, 1.165) is 0 Å². The summed E-state index contributed by atoms with van der Waals surface area (Å²) in [5.41, 5.74) is 0. The van der Waals surface area contributed by atoms with Crippen LogP contribution in [0.5, 0.6) is 0 Å². The van der Waals surface area contributed by atoms with Gasteiger partial charge in [-0.25, -0.2) is 0 Å². The van der Waals surface area contributed by atoms with Gasteiger partial charge in [-0.05, 0) is 25.7 Å². The fraction of sp³-hybridized carbons (Fsp3) is 0.944. The fourth-order valence-corrected chi connectivity index (χ4v) is 6.16. The van der Waals surface area contributed by atoms with Gasteiger partial charge in [-0.3, -0.25) is 0 Å². The van der Waals surface area contributed by atoms with Crippen molar-refractivity contribution in [3.05, 3.63) is 12.4 Å². The molecule has 0 radical (unpaired) electrons. The lowest BCUT2D eigenvalue weighted by atomic mass is 10.0. The zero-order chi connectivity index (χ0) is 27.4. The van der Waals surface area contributed by atoms with E-state index in [9.17, 15) is 0 Å². The molecule has 0 fully saturated rings. The normalized spacial score (nSPS) is 15.3. The Bertz CT molecular complexity index is 488. The summed E-state index contributed by atoms with van der Waals surface area (Å²) < 4.78 is 0. The molecule has 2 heteroatoms. The molecule has 0 aromatic heterocycles. The van der Waals surface area contributed by atoms with Gasteiger partial charge in [0.15, 0.2) is 0 Å². The van der Waals surface area contributed by atoms with Crippen molar-refractivity contribution in [2.75, 3.05) is 13.1 Å². The summed E-state index contributed by atoms with van der Waals surface area (Å²) in [6.07, 6.45) is 45.5. The fourth-order valence-electron chi connectivity index (χ4n) is 6.16. The van der Waals surface area contributed by atoms with Crippen molar-refractivity contribution >= 4 is 0 Å². The van der Waals surface area contributed by atoms with E-state index in [1.165, 1.54) is 193 Å². The van der Waals surface area contributed by atoms with E-state index in [-0.39, 0.29) is 0 Å². The first kappa shape index (κ1) is 35.4. The Labute approximate surface area is 241 Å². The summed E-state index contributed by atoms with van der Waals surface area (Å²) in [4.78, 5) is 5.34. The molecule has 1 heterocycles. The molecule has 1 atom stereocenters. The van der Waals surface area contributed by atoms with Gasteiger partial charge in [0.05, 0.1) is 0 Å². The van der Waals surface area contributed by atoms with E-state index in [1.54, 1.807) is 0 Å². The summed E-state index contributed by atoms with van der Waals surface area (Å²) >= 11 is 0. The molecule has 1 rings (SSSR count). The van der Waals surface area contributed by atoms with Gasteiger partial charge < -0.3 is 9.80 Å². The van der Waals surface area contributed by atoms with Crippen LogP contribution in [-0.4, -0.2) is 29.1 Å². The van der Waals surface area contributed by atoms with Crippen molar-refractivity contribution in [2.45, 2.75) is 207 Å². The van der Waals surface area contributed by atoms with E-state index in [4.69, 9.17) is 0 Å². The van der Waals surface area contributed by atoms with Crippen LogP contribution in [0, 0.1) is 0 Å². The Kier molecular flexibility index (Phi) is 26.0. The van der Waals surface area contributed by atoms with Gasteiger partial charge >= 0.3 is 0 Å². The lowest BCUT2D eigenvalue weighted by Crippen LogP contribution is -2.39. The van der Waals surface area contributed by atoms with Gasteiger partial charge in [0, 0.05) is 25.5 Å². The summed E-state index contributed by atoms with van der Waals surface area (Å²) in [5, 5.41) is 0. The second kappa shape index (κ2) is 27.9. The molecule has 0 aromatic carbocycles. The van der Waals surface area contributed by atoms with Crippen LogP contribution < -0.4 is 0 Å². The molecule has 1 aliphatic rings. The SMILES string of the molecule is CCCCCCCCCCCCCCCCCCN1C=CN(CCCC)C1CCCCCCCCCCC. The second-order valence-electron chi connectivity index (χ2n) is 12.5. The first-order valence-corrected chi connectivity index (χ1v) is 18.0. The molecule has 0 saturated carbocycles. The molecule has 0 spiro atoms. The Morgan fingerprint density at radius 2 is 0.632 bits per heavy atom. The van der Waals surface area contributed by atoms with Crippen LogP contribution in [0.2, 0.25) is 0 Å². The first-order valence-electron chi connectivity index (χ1n) is 18.0. The van der Waals surface area contributed by atoms with Gasteiger partial charge in [-0.1, -0.05) is 175 Å². The van der Waals surface area contributed by atoms with Crippen molar-refractivity contribution in [2.24, 2.45) is 0 Å². The van der Waals surface area contributed by atoms with E-state index in [1.807, 2.05) is 0 Å². The smallest absolute Gasteiger partial charge is 0.101 e. The van der Waals surface area contributed by atoms with Crippen molar-refractivity contribution in [3.8, 4) is 0 Å².